The molecule has 2 saturated heterocycles. The molecule has 5 heterocycles. The van der Waals surface area contributed by atoms with E-state index in [0.717, 1.165) is 4.68 Å². The molecule has 0 radical (unpaired) electrons. The minimum Gasteiger partial charge on any atom is -0.377 e. The first-order valence-corrected chi connectivity index (χ1v) is 14.8. The summed E-state index contributed by atoms with van der Waals surface area (Å²) in [5, 5.41) is 13.1. The maximum Gasteiger partial charge on any atom is 0.433 e. The number of para-hydroxylation sites is 2. The van der Waals surface area contributed by atoms with E-state index in [-0.39, 0.29) is 34.9 Å². The van der Waals surface area contributed by atoms with Crippen molar-refractivity contribution in [1.82, 2.24) is 39.9 Å². The standard InChI is InChI=1S/C29H35F3N10O2/c1-4-34-28(43)38-27-35-20-7-5-6-8-22(20)41(27)26-36-21(15-23(37-26)40-13-14-44-16-17(40)2)24-18(3)39-42(25(24)29(30,31)32)19-9-11-33-12-10-19/h5-8,15,17,19,33H,4,9-14,16H2,1-3H3,(H2,34,35,38,43)/t17-/m1/s1. The third-order valence-electron chi connectivity index (χ3n) is 7.95. The fourth-order valence-electron chi connectivity index (χ4n) is 5.92. The van der Waals surface area contributed by atoms with Crippen LogP contribution in [0.1, 0.15) is 44.1 Å². The number of benzene rings is 1. The highest BCUT2D eigenvalue weighted by molar-refractivity contribution is 5.91. The molecule has 0 spiro atoms. The first kappa shape index (κ1) is 29.8. The number of aryl methyl sites for hydroxylation is 1. The van der Waals surface area contributed by atoms with Gasteiger partial charge in [0.15, 0.2) is 5.69 Å². The molecule has 234 valence electrons. The summed E-state index contributed by atoms with van der Waals surface area (Å²) in [4.78, 5) is 28.8. The zero-order chi connectivity index (χ0) is 31.0. The molecule has 0 bridgehead atoms. The Balaban J connectivity index is 1.59. The number of halogens is 3. The maximum atomic E-state index is 14.9. The number of amides is 2. The van der Waals surface area contributed by atoms with Gasteiger partial charge in [-0.2, -0.15) is 23.3 Å². The first-order chi connectivity index (χ1) is 21.2. The Morgan fingerprint density at radius 1 is 1.16 bits per heavy atom. The molecule has 12 nitrogen and oxygen atoms in total. The molecule has 2 fully saturated rings. The van der Waals surface area contributed by atoms with Gasteiger partial charge < -0.3 is 20.3 Å². The Morgan fingerprint density at radius 2 is 1.93 bits per heavy atom. The predicted octanol–water partition coefficient (Wildman–Crippen LogP) is 4.30. The molecule has 15 heteroatoms. The Kier molecular flexibility index (Phi) is 8.16. The summed E-state index contributed by atoms with van der Waals surface area (Å²) >= 11 is 0. The van der Waals surface area contributed by atoms with Gasteiger partial charge in [0, 0.05) is 19.2 Å². The van der Waals surface area contributed by atoms with Crippen molar-refractivity contribution >= 4 is 28.8 Å². The van der Waals surface area contributed by atoms with Gasteiger partial charge >= 0.3 is 12.2 Å². The van der Waals surface area contributed by atoms with Crippen molar-refractivity contribution in [2.45, 2.75) is 51.9 Å². The molecule has 3 N–H and O–H groups in total. The van der Waals surface area contributed by atoms with Crippen molar-refractivity contribution in [1.29, 1.82) is 0 Å². The molecule has 44 heavy (non-hydrogen) atoms. The molecule has 0 saturated carbocycles. The van der Waals surface area contributed by atoms with Crippen LogP contribution < -0.4 is 20.9 Å². The number of piperidine rings is 1. The predicted molar refractivity (Wildman–Crippen MR) is 159 cm³/mol. The summed E-state index contributed by atoms with van der Waals surface area (Å²) in [5.74, 6) is 0.636. The van der Waals surface area contributed by atoms with Gasteiger partial charge in [-0.3, -0.25) is 10.00 Å². The van der Waals surface area contributed by atoms with E-state index in [0.29, 0.717) is 69.1 Å². The second-order valence-corrected chi connectivity index (χ2v) is 11.0. The van der Waals surface area contributed by atoms with E-state index in [1.165, 1.54) is 0 Å². The van der Waals surface area contributed by atoms with E-state index >= 15 is 0 Å². The Bertz CT molecular complexity index is 1660. The van der Waals surface area contributed by atoms with Crippen molar-refractivity contribution < 1.29 is 22.7 Å². The van der Waals surface area contributed by atoms with Crippen LogP contribution in [-0.2, 0) is 10.9 Å². The number of nitrogens with one attached hydrogen (secondary N) is 3. The second kappa shape index (κ2) is 12.0. The van der Waals surface area contributed by atoms with Crippen molar-refractivity contribution in [3.63, 3.8) is 0 Å². The molecule has 6 rings (SSSR count). The number of alkyl halides is 3. The molecule has 2 aliphatic heterocycles. The van der Waals surface area contributed by atoms with Crippen LogP contribution in [0.2, 0.25) is 0 Å². The van der Waals surface area contributed by atoms with Crippen LogP contribution in [0.3, 0.4) is 0 Å². The second-order valence-electron chi connectivity index (χ2n) is 11.0. The molecule has 0 aliphatic carbocycles. The lowest BCUT2D eigenvalue weighted by Gasteiger charge is -2.34. The lowest BCUT2D eigenvalue weighted by Crippen LogP contribution is -2.44. The molecular formula is C29H35F3N10O2. The van der Waals surface area contributed by atoms with Gasteiger partial charge in [0.25, 0.3) is 0 Å². The quantitative estimate of drug-likeness (QED) is 0.294. The van der Waals surface area contributed by atoms with Crippen LogP contribution in [0.15, 0.2) is 30.3 Å². The van der Waals surface area contributed by atoms with Crippen molar-refractivity contribution in [2.24, 2.45) is 0 Å². The normalized spacial score (nSPS) is 18.1. The number of anilines is 2. The number of carbonyl (C=O) groups excluding carboxylic acids is 1. The number of aromatic nitrogens is 6. The van der Waals surface area contributed by atoms with E-state index in [2.05, 4.69) is 26.0 Å². The van der Waals surface area contributed by atoms with E-state index in [1.54, 1.807) is 42.7 Å². The lowest BCUT2D eigenvalue weighted by atomic mass is 10.0. The summed E-state index contributed by atoms with van der Waals surface area (Å²) in [6.45, 7) is 8.32. The molecule has 3 aromatic heterocycles. The van der Waals surface area contributed by atoms with Gasteiger partial charge in [0.1, 0.15) is 5.82 Å². The third-order valence-corrected chi connectivity index (χ3v) is 7.95. The zero-order valence-corrected chi connectivity index (χ0v) is 24.8. The van der Waals surface area contributed by atoms with Crippen molar-refractivity contribution in [3.05, 3.63) is 41.7 Å². The Morgan fingerprint density at radius 3 is 2.66 bits per heavy atom. The zero-order valence-electron chi connectivity index (χ0n) is 24.8. The van der Waals surface area contributed by atoms with Gasteiger partial charge in [-0.15, -0.1) is 0 Å². The van der Waals surface area contributed by atoms with Gasteiger partial charge in [0.05, 0.1) is 53.3 Å². The number of morpholine rings is 1. The summed E-state index contributed by atoms with van der Waals surface area (Å²) in [6.07, 6.45) is -3.62. The fraction of sp³-hybridized carbons (Fsp3) is 0.483. The minimum atomic E-state index is -4.69. The Hall–Kier alpha value is -4.24. The van der Waals surface area contributed by atoms with E-state index < -0.39 is 23.9 Å². The number of carbonyl (C=O) groups is 1. The van der Waals surface area contributed by atoms with Crippen molar-refractivity contribution in [3.8, 4) is 17.2 Å². The molecule has 2 aliphatic rings. The summed E-state index contributed by atoms with van der Waals surface area (Å²) in [7, 11) is 0. The number of rotatable bonds is 6. The fourth-order valence-corrected chi connectivity index (χ4v) is 5.92. The van der Waals surface area contributed by atoms with Crippen LogP contribution in [-0.4, -0.2) is 80.8 Å². The molecule has 0 unspecified atom stereocenters. The van der Waals surface area contributed by atoms with Crippen molar-refractivity contribution in [2.75, 3.05) is 49.6 Å². The van der Waals surface area contributed by atoms with Crippen LogP contribution in [0, 0.1) is 6.92 Å². The SMILES string of the molecule is CCNC(=O)Nc1nc2ccccc2n1-c1nc(-c2c(C)nn(C3CCNCC3)c2C(F)(F)F)cc(N2CCOC[C@H]2C)n1. The molecule has 1 atom stereocenters. The van der Waals surface area contributed by atoms with E-state index in [1.807, 2.05) is 17.9 Å². The first-order valence-electron chi connectivity index (χ1n) is 14.8. The smallest absolute Gasteiger partial charge is 0.377 e. The van der Waals surface area contributed by atoms with Gasteiger partial charge in [0.2, 0.25) is 11.9 Å². The average molecular weight is 613 g/mol. The van der Waals surface area contributed by atoms with Crippen LogP contribution in [0.25, 0.3) is 28.2 Å². The minimum absolute atomic E-state index is 0.0684. The number of fused-ring (bicyclic) bond motifs is 1. The molecular weight excluding hydrogens is 577 g/mol. The Labute approximate surface area is 252 Å². The lowest BCUT2D eigenvalue weighted by molar-refractivity contribution is -0.144. The number of urea groups is 1. The summed E-state index contributed by atoms with van der Waals surface area (Å²) < 4.78 is 53.1. The summed E-state index contributed by atoms with van der Waals surface area (Å²) in [5.41, 5.74) is 0.511. The average Bonchev–Trinajstić information content (AvgIpc) is 3.55. The highest BCUT2D eigenvalue weighted by atomic mass is 19.4. The monoisotopic (exact) mass is 612 g/mol. The number of nitrogens with zero attached hydrogens (tertiary/aromatic N) is 7. The summed E-state index contributed by atoms with van der Waals surface area (Å²) in [6, 6.07) is 7.80. The highest BCUT2D eigenvalue weighted by Gasteiger charge is 2.42. The topological polar surface area (TPSA) is 127 Å². The van der Waals surface area contributed by atoms with E-state index in [9.17, 15) is 18.0 Å². The van der Waals surface area contributed by atoms with Crippen LogP contribution in [0.5, 0.6) is 0 Å². The number of imidazole rings is 1. The molecule has 2 amide bonds. The molecule has 1 aromatic carbocycles. The van der Waals surface area contributed by atoms with Gasteiger partial charge in [-0.1, -0.05) is 12.1 Å². The highest BCUT2D eigenvalue weighted by Crippen LogP contribution is 2.42. The van der Waals surface area contributed by atoms with Crippen LogP contribution >= 0.6 is 0 Å². The third kappa shape index (κ3) is 5.68. The maximum absolute atomic E-state index is 14.9. The number of ether oxygens (including phenoxy) is 1. The van der Waals surface area contributed by atoms with Gasteiger partial charge in [-0.05, 0) is 58.8 Å². The van der Waals surface area contributed by atoms with E-state index in [4.69, 9.17) is 14.7 Å². The number of hydrogen-bond donors (Lipinski definition) is 3. The van der Waals surface area contributed by atoms with Crippen LogP contribution in [0.4, 0.5) is 29.7 Å². The molecule has 4 aromatic rings. The largest absolute Gasteiger partial charge is 0.433 e. The number of hydrogen-bond acceptors (Lipinski definition) is 8. The van der Waals surface area contributed by atoms with Gasteiger partial charge in [-0.25, -0.2) is 19.3 Å².